The maximum atomic E-state index is 2.29. The molecule has 0 saturated heterocycles. The van der Waals surface area contributed by atoms with Crippen LogP contribution in [0, 0.1) is 6.92 Å². The fraction of sp³-hybridized carbons (Fsp3) is 0.238. The van der Waals surface area contributed by atoms with Crippen molar-refractivity contribution < 1.29 is 0 Å². The summed E-state index contributed by atoms with van der Waals surface area (Å²) < 4.78 is 0. The third-order valence-electron chi connectivity index (χ3n) is 3.68. The first-order valence-electron chi connectivity index (χ1n) is 7.54. The van der Waals surface area contributed by atoms with E-state index in [1.165, 1.54) is 33.4 Å². The largest absolute Gasteiger partial charge is 0.0821 e. The molecular formula is C21H24. The second-order valence-corrected chi connectivity index (χ2v) is 5.85. The maximum Gasteiger partial charge on any atom is -0.0161 e. The third-order valence-corrected chi connectivity index (χ3v) is 3.68. The molecule has 0 aromatic heterocycles. The average Bonchev–Trinajstić information content (AvgIpc) is 2.48. The van der Waals surface area contributed by atoms with Crippen molar-refractivity contribution in [2.45, 2.75) is 34.1 Å². The van der Waals surface area contributed by atoms with E-state index < -0.39 is 0 Å². The molecule has 0 aliphatic heterocycles. The number of benzene rings is 2. The van der Waals surface area contributed by atoms with Crippen LogP contribution in [-0.4, -0.2) is 0 Å². The lowest BCUT2D eigenvalue weighted by molar-refractivity contribution is 1.28. The molecule has 0 bridgehead atoms. The van der Waals surface area contributed by atoms with Gasteiger partial charge in [-0.2, -0.15) is 0 Å². The van der Waals surface area contributed by atoms with Gasteiger partial charge in [0.2, 0.25) is 0 Å². The van der Waals surface area contributed by atoms with Crippen LogP contribution in [0.15, 0.2) is 66.3 Å². The van der Waals surface area contributed by atoms with E-state index in [0.29, 0.717) is 0 Å². The van der Waals surface area contributed by atoms with Gasteiger partial charge in [-0.3, -0.25) is 0 Å². The Kier molecular flexibility index (Phi) is 5.16. The summed E-state index contributed by atoms with van der Waals surface area (Å²) in [7, 11) is 0. The molecular weight excluding hydrogens is 252 g/mol. The maximum absolute atomic E-state index is 2.29. The van der Waals surface area contributed by atoms with Crippen molar-refractivity contribution in [1.29, 1.82) is 0 Å². The molecule has 0 amide bonds. The highest BCUT2D eigenvalue weighted by Gasteiger charge is 1.99. The van der Waals surface area contributed by atoms with Crippen LogP contribution in [0.2, 0.25) is 0 Å². The molecule has 0 heterocycles. The summed E-state index contributed by atoms with van der Waals surface area (Å²) in [6.07, 6.45) is 5.55. The topological polar surface area (TPSA) is 0 Å². The molecule has 0 radical (unpaired) electrons. The zero-order valence-electron chi connectivity index (χ0n) is 13.5. The molecule has 0 spiro atoms. The highest BCUT2D eigenvalue weighted by molar-refractivity contribution is 5.69. The minimum absolute atomic E-state index is 1.01. The molecule has 0 nitrogen and oxygen atoms in total. The van der Waals surface area contributed by atoms with Gasteiger partial charge >= 0.3 is 0 Å². The van der Waals surface area contributed by atoms with Crippen molar-refractivity contribution >= 4 is 5.57 Å². The van der Waals surface area contributed by atoms with Crippen molar-refractivity contribution in [2.24, 2.45) is 0 Å². The summed E-state index contributed by atoms with van der Waals surface area (Å²) in [5.41, 5.74) is 7.85. The molecule has 2 aromatic rings. The predicted octanol–water partition coefficient (Wildman–Crippen LogP) is 6.42. The van der Waals surface area contributed by atoms with Crippen LogP contribution in [0.4, 0.5) is 0 Å². The summed E-state index contributed by atoms with van der Waals surface area (Å²) >= 11 is 0. The standard InChI is InChI=1S/C21H24/c1-16(2)6-5-7-18(4)19-12-14-21(15-13-19)20-10-8-17(3)9-11-20/h6-15H,5H2,1-4H3/b18-7+. The summed E-state index contributed by atoms with van der Waals surface area (Å²) in [4.78, 5) is 0. The van der Waals surface area contributed by atoms with Crippen molar-refractivity contribution in [3.8, 4) is 11.1 Å². The molecule has 0 unspecified atom stereocenters. The minimum Gasteiger partial charge on any atom is -0.0821 e. The first-order valence-corrected chi connectivity index (χ1v) is 7.54. The van der Waals surface area contributed by atoms with Gasteiger partial charge in [0.05, 0.1) is 0 Å². The number of hydrogen-bond acceptors (Lipinski definition) is 0. The van der Waals surface area contributed by atoms with Crippen molar-refractivity contribution in [2.75, 3.05) is 0 Å². The first-order chi connectivity index (χ1) is 10.1. The molecule has 2 rings (SSSR count). The van der Waals surface area contributed by atoms with Crippen molar-refractivity contribution in [1.82, 2.24) is 0 Å². The Hall–Kier alpha value is -2.08. The van der Waals surface area contributed by atoms with Gasteiger partial charge in [0.25, 0.3) is 0 Å². The van der Waals surface area contributed by atoms with Crippen LogP contribution in [-0.2, 0) is 0 Å². The monoisotopic (exact) mass is 276 g/mol. The Morgan fingerprint density at radius 1 is 0.762 bits per heavy atom. The molecule has 0 aliphatic carbocycles. The van der Waals surface area contributed by atoms with Gasteiger partial charge in [0, 0.05) is 0 Å². The molecule has 2 aromatic carbocycles. The fourth-order valence-corrected chi connectivity index (χ4v) is 2.26. The predicted molar refractivity (Wildman–Crippen MR) is 94.3 cm³/mol. The van der Waals surface area contributed by atoms with Gasteiger partial charge < -0.3 is 0 Å². The Morgan fingerprint density at radius 2 is 1.29 bits per heavy atom. The molecule has 0 N–H and O–H groups in total. The zero-order valence-corrected chi connectivity index (χ0v) is 13.5. The first kappa shape index (κ1) is 15.3. The lowest BCUT2D eigenvalue weighted by Gasteiger charge is -2.05. The summed E-state index contributed by atoms with van der Waals surface area (Å²) in [5.74, 6) is 0. The van der Waals surface area contributed by atoms with E-state index in [2.05, 4.69) is 88.4 Å². The Morgan fingerprint density at radius 3 is 1.81 bits per heavy atom. The van der Waals surface area contributed by atoms with Crippen molar-refractivity contribution in [3.05, 3.63) is 77.4 Å². The van der Waals surface area contributed by atoms with Crippen molar-refractivity contribution in [3.63, 3.8) is 0 Å². The third kappa shape index (κ3) is 4.46. The van der Waals surface area contributed by atoms with Crippen LogP contribution in [0.1, 0.15) is 38.3 Å². The van der Waals surface area contributed by atoms with Crippen LogP contribution >= 0.6 is 0 Å². The average molecular weight is 276 g/mol. The number of rotatable bonds is 4. The van der Waals surface area contributed by atoms with E-state index in [4.69, 9.17) is 0 Å². The molecule has 0 heteroatoms. The van der Waals surface area contributed by atoms with Gasteiger partial charge in [-0.05, 0) is 56.4 Å². The van der Waals surface area contributed by atoms with Gasteiger partial charge in [-0.15, -0.1) is 0 Å². The second kappa shape index (κ2) is 7.08. The highest BCUT2D eigenvalue weighted by atomic mass is 14.0. The normalized spacial score (nSPS) is 11.3. The molecule has 21 heavy (non-hydrogen) atoms. The molecule has 0 saturated carbocycles. The zero-order chi connectivity index (χ0) is 15.2. The van der Waals surface area contributed by atoms with Gasteiger partial charge in [-0.25, -0.2) is 0 Å². The number of allylic oxidation sites excluding steroid dienone is 4. The van der Waals surface area contributed by atoms with E-state index in [1.807, 2.05) is 0 Å². The SMILES string of the molecule is CC(C)=CC/C=C(\C)c1ccc(-c2ccc(C)cc2)cc1. The van der Waals surface area contributed by atoms with Gasteiger partial charge in [-0.1, -0.05) is 71.8 Å². The molecule has 108 valence electrons. The Balaban J connectivity index is 2.15. The van der Waals surface area contributed by atoms with Gasteiger partial charge in [0.1, 0.15) is 0 Å². The summed E-state index contributed by atoms with van der Waals surface area (Å²) in [6.45, 7) is 8.58. The Labute approximate surface area is 128 Å². The number of hydrogen-bond donors (Lipinski definition) is 0. The fourth-order valence-electron chi connectivity index (χ4n) is 2.26. The lowest BCUT2D eigenvalue weighted by atomic mass is 10.00. The van der Waals surface area contributed by atoms with E-state index in [0.717, 1.165) is 6.42 Å². The van der Waals surface area contributed by atoms with Crippen LogP contribution in [0.25, 0.3) is 16.7 Å². The lowest BCUT2D eigenvalue weighted by Crippen LogP contribution is -1.82. The van der Waals surface area contributed by atoms with E-state index >= 15 is 0 Å². The van der Waals surface area contributed by atoms with Crippen LogP contribution in [0.3, 0.4) is 0 Å². The molecule has 0 fully saturated rings. The van der Waals surface area contributed by atoms with Crippen LogP contribution in [0.5, 0.6) is 0 Å². The quantitative estimate of drug-likeness (QED) is 0.565. The smallest absolute Gasteiger partial charge is 0.0161 e. The molecule has 0 aliphatic rings. The van der Waals surface area contributed by atoms with E-state index in [1.54, 1.807) is 0 Å². The van der Waals surface area contributed by atoms with Crippen LogP contribution < -0.4 is 0 Å². The Bertz CT molecular complexity index is 633. The highest BCUT2D eigenvalue weighted by Crippen LogP contribution is 2.23. The summed E-state index contributed by atoms with van der Waals surface area (Å²) in [6, 6.07) is 17.5. The van der Waals surface area contributed by atoms with Gasteiger partial charge in [0.15, 0.2) is 0 Å². The second-order valence-electron chi connectivity index (χ2n) is 5.85. The van der Waals surface area contributed by atoms with E-state index in [-0.39, 0.29) is 0 Å². The summed E-state index contributed by atoms with van der Waals surface area (Å²) in [5, 5.41) is 0. The van der Waals surface area contributed by atoms with E-state index in [9.17, 15) is 0 Å². The number of aryl methyl sites for hydroxylation is 1. The molecule has 0 atom stereocenters. The minimum atomic E-state index is 1.01.